The van der Waals surface area contributed by atoms with Gasteiger partial charge in [-0.25, -0.2) is 0 Å². The van der Waals surface area contributed by atoms with Gasteiger partial charge in [0.2, 0.25) is 17.7 Å². The second kappa shape index (κ2) is 9.66. The summed E-state index contributed by atoms with van der Waals surface area (Å²) in [5, 5.41) is 6.28. The Morgan fingerprint density at radius 2 is 1.97 bits per heavy atom. The van der Waals surface area contributed by atoms with Gasteiger partial charge in [-0.3, -0.25) is 14.4 Å². The largest absolute Gasteiger partial charge is 0.359 e. The SMILES string of the molecule is Cc1cccc(NC(=O)[C@H]2[C@H]3C=C[C@@]4(O3)[C@H]2C(=O)N(CCC(C)C)[C@@H]4C(=O)N[C@H]2CCCC[C@H]2C)c1. The Labute approximate surface area is 214 Å². The molecule has 2 N–H and O–H groups in total. The molecule has 0 unspecified atom stereocenters. The number of fused-ring (bicyclic) bond motifs is 1. The molecular weight excluding hydrogens is 454 g/mol. The van der Waals surface area contributed by atoms with Crippen LogP contribution in [0.25, 0.3) is 0 Å². The zero-order valence-corrected chi connectivity index (χ0v) is 21.8. The molecule has 4 aliphatic rings. The summed E-state index contributed by atoms with van der Waals surface area (Å²) in [6.45, 7) is 8.85. The standard InChI is InChI=1S/C29H39N3O4/c1-17(2)13-15-32-25(27(34)31-21-11-6-5-9-19(21)4)29-14-12-22(36-29)23(24(29)28(32)35)26(33)30-20-10-7-8-18(3)16-20/h7-8,10,12,14,16-17,19,21-25H,5-6,9,11,13,15H2,1-4H3,(H,30,33)(H,31,34)/t19-,21+,22-,23+,24-,25-,29-/m1/s1. The summed E-state index contributed by atoms with van der Waals surface area (Å²) in [5.74, 6) is -1.13. The minimum Gasteiger partial charge on any atom is -0.359 e. The number of ether oxygens (including phenoxy) is 1. The van der Waals surface area contributed by atoms with Gasteiger partial charge in [-0.05, 0) is 55.7 Å². The van der Waals surface area contributed by atoms with Crippen LogP contribution >= 0.6 is 0 Å². The third-order valence-electron chi connectivity index (χ3n) is 8.60. The first-order chi connectivity index (χ1) is 17.2. The lowest BCUT2D eigenvalue weighted by atomic mass is 9.74. The summed E-state index contributed by atoms with van der Waals surface area (Å²) in [6, 6.07) is 6.96. The maximum absolute atomic E-state index is 13.9. The molecule has 7 nitrogen and oxygen atoms in total. The highest BCUT2D eigenvalue weighted by molar-refractivity contribution is 6.02. The smallest absolute Gasteiger partial charge is 0.246 e. The van der Waals surface area contributed by atoms with Crippen molar-refractivity contribution < 1.29 is 19.1 Å². The Kier molecular flexibility index (Phi) is 6.70. The zero-order valence-electron chi connectivity index (χ0n) is 21.8. The van der Waals surface area contributed by atoms with Crippen LogP contribution < -0.4 is 10.6 Å². The molecule has 3 fully saturated rings. The fraction of sp³-hybridized carbons (Fsp3) is 0.621. The predicted molar refractivity (Wildman–Crippen MR) is 138 cm³/mol. The molecule has 194 valence electrons. The van der Waals surface area contributed by atoms with E-state index < -0.39 is 29.6 Å². The minimum absolute atomic E-state index is 0.103. The predicted octanol–water partition coefficient (Wildman–Crippen LogP) is 3.83. The van der Waals surface area contributed by atoms with E-state index in [-0.39, 0.29) is 23.8 Å². The molecule has 1 spiro atoms. The van der Waals surface area contributed by atoms with Crippen molar-refractivity contribution in [2.45, 2.75) is 83.6 Å². The van der Waals surface area contributed by atoms with Crippen LogP contribution in [0.5, 0.6) is 0 Å². The van der Waals surface area contributed by atoms with E-state index in [1.165, 1.54) is 6.42 Å². The van der Waals surface area contributed by atoms with Crippen LogP contribution in [0.1, 0.15) is 58.4 Å². The molecule has 3 heterocycles. The second-order valence-electron chi connectivity index (χ2n) is 11.7. The molecule has 0 radical (unpaired) electrons. The first-order valence-electron chi connectivity index (χ1n) is 13.6. The van der Waals surface area contributed by atoms with Crippen molar-refractivity contribution in [3.05, 3.63) is 42.0 Å². The van der Waals surface area contributed by atoms with Gasteiger partial charge in [-0.2, -0.15) is 0 Å². The summed E-state index contributed by atoms with van der Waals surface area (Å²) in [5.41, 5.74) is 0.636. The van der Waals surface area contributed by atoms with Crippen molar-refractivity contribution in [2.75, 3.05) is 11.9 Å². The number of carbonyl (C=O) groups is 3. The average molecular weight is 494 g/mol. The van der Waals surface area contributed by atoms with Crippen LogP contribution in [0.3, 0.4) is 0 Å². The van der Waals surface area contributed by atoms with Crippen LogP contribution in [0.15, 0.2) is 36.4 Å². The lowest BCUT2D eigenvalue weighted by molar-refractivity contribution is -0.141. The second-order valence-corrected chi connectivity index (χ2v) is 11.7. The van der Waals surface area contributed by atoms with Crippen LogP contribution in [0, 0.1) is 30.6 Å². The van der Waals surface area contributed by atoms with E-state index in [2.05, 4.69) is 31.4 Å². The van der Waals surface area contributed by atoms with Gasteiger partial charge in [0.1, 0.15) is 11.6 Å². The van der Waals surface area contributed by atoms with E-state index in [0.717, 1.165) is 31.2 Å². The minimum atomic E-state index is -1.10. The summed E-state index contributed by atoms with van der Waals surface area (Å²) in [4.78, 5) is 43.0. The van der Waals surface area contributed by atoms with E-state index in [1.54, 1.807) is 4.90 Å². The van der Waals surface area contributed by atoms with E-state index in [4.69, 9.17) is 4.74 Å². The Balaban J connectivity index is 1.43. The normalized spacial score (nSPS) is 34.8. The number of nitrogens with zero attached hydrogens (tertiary/aromatic N) is 1. The van der Waals surface area contributed by atoms with E-state index in [0.29, 0.717) is 24.1 Å². The van der Waals surface area contributed by atoms with Crippen molar-refractivity contribution in [2.24, 2.45) is 23.7 Å². The summed E-state index contributed by atoms with van der Waals surface area (Å²) in [7, 11) is 0. The van der Waals surface area contributed by atoms with E-state index >= 15 is 0 Å². The molecule has 1 saturated carbocycles. The van der Waals surface area contributed by atoms with Gasteiger partial charge in [0, 0.05) is 18.3 Å². The van der Waals surface area contributed by atoms with Gasteiger partial charge in [0.25, 0.3) is 0 Å². The Bertz CT molecular complexity index is 1070. The van der Waals surface area contributed by atoms with E-state index in [9.17, 15) is 14.4 Å². The molecule has 1 aromatic carbocycles. The molecule has 5 rings (SSSR count). The number of hydrogen-bond acceptors (Lipinski definition) is 4. The highest BCUT2D eigenvalue weighted by Crippen LogP contribution is 2.55. The average Bonchev–Trinajstić information content (AvgIpc) is 3.46. The number of nitrogens with one attached hydrogen (secondary N) is 2. The molecule has 1 aromatic rings. The summed E-state index contributed by atoms with van der Waals surface area (Å²) in [6.07, 6.45) is 8.37. The summed E-state index contributed by atoms with van der Waals surface area (Å²) >= 11 is 0. The molecule has 3 amide bonds. The maximum atomic E-state index is 13.9. The van der Waals surface area contributed by atoms with Gasteiger partial charge >= 0.3 is 0 Å². The molecule has 3 aliphatic heterocycles. The van der Waals surface area contributed by atoms with Gasteiger partial charge < -0.3 is 20.3 Å². The third-order valence-corrected chi connectivity index (χ3v) is 8.60. The number of carbonyl (C=O) groups excluding carboxylic acids is 3. The van der Waals surface area contributed by atoms with Gasteiger partial charge in [-0.1, -0.05) is 57.9 Å². The number of hydrogen-bond donors (Lipinski definition) is 2. The Morgan fingerprint density at radius 1 is 1.19 bits per heavy atom. The van der Waals surface area contributed by atoms with Crippen molar-refractivity contribution in [3.8, 4) is 0 Å². The Hall–Kier alpha value is -2.67. The Morgan fingerprint density at radius 3 is 2.69 bits per heavy atom. The molecule has 2 saturated heterocycles. The lowest BCUT2D eigenvalue weighted by Gasteiger charge is -2.36. The van der Waals surface area contributed by atoms with Gasteiger partial charge in [-0.15, -0.1) is 0 Å². The molecule has 1 aliphatic carbocycles. The lowest BCUT2D eigenvalue weighted by Crippen LogP contribution is -2.57. The quantitative estimate of drug-likeness (QED) is 0.565. The number of likely N-dealkylation sites (tertiary alicyclic amines) is 1. The first kappa shape index (κ1) is 25.0. The van der Waals surface area contributed by atoms with Gasteiger partial charge in [0.05, 0.1) is 17.9 Å². The van der Waals surface area contributed by atoms with Gasteiger partial charge in [0.15, 0.2) is 0 Å². The molecular formula is C29H39N3O4. The number of amides is 3. The van der Waals surface area contributed by atoms with Crippen molar-refractivity contribution in [1.29, 1.82) is 0 Å². The van der Waals surface area contributed by atoms with Crippen LogP contribution in [-0.4, -0.2) is 53.0 Å². The third kappa shape index (κ3) is 4.25. The monoisotopic (exact) mass is 493 g/mol. The molecule has 2 bridgehead atoms. The molecule has 7 atom stereocenters. The fourth-order valence-corrected chi connectivity index (χ4v) is 6.65. The van der Waals surface area contributed by atoms with Crippen molar-refractivity contribution in [3.63, 3.8) is 0 Å². The first-order valence-corrected chi connectivity index (χ1v) is 13.6. The molecule has 7 heteroatoms. The van der Waals surface area contributed by atoms with E-state index in [1.807, 2.05) is 43.3 Å². The number of aryl methyl sites for hydroxylation is 1. The summed E-state index contributed by atoms with van der Waals surface area (Å²) < 4.78 is 6.44. The number of anilines is 1. The topological polar surface area (TPSA) is 87.7 Å². The molecule has 0 aromatic heterocycles. The van der Waals surface area contributed by atoms with Crippen molar-refractivity contribution in [1.82, 2.24) is 10.2 Å². The van der Waals surface area contributed by atoms with Crippen molar-refractivity contribution >= 4 is 23.4 Å². The fourth-order valence-electron chi connectivity index (χ4n) is 6.65. The number of rotatable bonds is 7. The van der Waals surface area contributed by atoms with Crippen LogP contribution in [0.2, 0.25) is 0 Å². The van der Waals surface area contributed by atoms with Crippen LogP contribution in [0.4, 0.5) is 5.69 Å². The zero-order chi connectivity index (χ0) is 25.6. The highest BCUT2D eigenvalue weighted by atomic mass is 16.5. The number of benzene rings is 1. The molecule has 36 heavy (non-hydrogen) atoms. The highest BCUT2D eigenvalue weighted by Gasteiger charge is 2.72. The van der Waals surface area contributed by atoms with Crippen LogP contribution in [-0.2, 0) is 19.1 Å². The maximum Gasteiger partial charge on any atom is 0.246 e.